The quantitative estimate of drug-likeness (QED) is 0.778. The van der Waals surface area contributed by atoms with E-state index in [1.165, 1.54) is 25.3 Å². The summed E-state index contributed by atoms with van der Waals surface area (Å²) in [6.07, 6.45) is 3.92. The fourth-order valence-electron chi connectivity index (χ4n) is 2.16. The Hall–Kier alpha value is -0.930. The van der Waals surface area contributed by atoms with Crippen LogP contribution in [0.15, 0.2) is 18.2 Å². The van der Waals surface area contributed by atoms with Gasteiger partial charge in [0.15, 0.2) is 0 Å². The minimum Gasteiger partial charge on any atom is -0.508 e. The first-order valence-corrected chi connectivity index (χ1v) is 5.81. The molecule has 1 aromatic carbocycles. The fourth-order valence-corrected chi connectivity index (χ4v) is 2.16. The van der Waals surface area contributed by atoms with Crippen LogP contribution in [0, 0.1) is 5.41 Å². The Bertz CT molecular complexity index is 378. The molecular weight excluding hydrogens is 238 g/mol. The summed E-state index contributed by atoms with van der Waals surface area (Å²) in [4.78, 5) is 0. The molecule has 0 amide bonds. The van der Waals surface area contributed by atoms with Crippen molar-refractivity contribution in [1.82, 2.24) is 5.32 Å². The van der Waals surface area contributed by atoms with E-state index in [2.05, 4.69) is 12.2 Å². The van der Waals surface area contributed by atoms with Gasteiger partial charge in [0.05, 0.1) is 0 Å². The normalized spacial score (nSPS) is 17.0. The standard InChI is InChI=1S/C13H19NO2.ClH/c1-13(5-2-6-13)9-14-8-10-3-4-11(15)7-12(10)16;/h3-4,7,14-16H,2,5-6,8-9H2,1H3;1H. The number of aromatic hydroxyl groups is 2. The third-order valence-corrected chi connectivity index (χ3v) is 3.50. The first-order valence-electron chi connectivity index (χ1n) is 5.81. The smallest absolute Gasteiger partial charge is 0.123 e. The second-order valence-electron chi connectivity index (χ2n) is 5.08. The van der Waals surface area contributed by atoms with E-state index in [0.717, 1.165) is 12.1 Å². The van der Waals surface area contributed by atoms with Gasteiger partial charge in [0, 0.05) is 24.7 Å². The van der Waals surface area contributed by atoms with Crippen LogP contribution in [0.5, 0.6) is 11.5 Å². The Morgan fingerprint density at radius 3 is 2.53 bits per heavy atom. The third kappa shape index (κ3) is 3.51. The average Bonchev–Trinajstić information content (AvgIpc) is 2.19. The van der Waals surface area contributed by atoms with Crippen molar-refractivity contribution in [2.24, 2.45) is 5.41 Å². The van der Waals surface area contributed by atoms with E-state index in [0.29, 0.717) is 12.0 Å². The highest BCUT2D eigenvalue weighted by atomic mass is 35.5. The van der Waals surface area contributed by atoms with Crippen molar-refractivity contribution in [2.45, 2.75) is 32.7 Å². The summed E-state index contributed by atoms with van der Waals surface area (Å²) in [5.74, 6) is 0.262. The zero-order valence-corrected chi connectivity index (χ0v) is 10.9. The molecule has 0 heterocycles. The summed E-state index contributed by atoms with van der Waals surface area (Å²) in [6.45, 7) is 3.94. The molecule has 4 heteroatoms. The van der Waals surface area contributed by atoms with Crippen LogP contribution >= 0.6 is 12.4 Å². The van der Waals surface area contributed by atoms with E-state index in [-0.39, 0.29) is 23.9 Å². The van der Waals surface area contributed by atoms with Crippen molar-refractivity contribution >= 4 is 12.4 Å². The molecule has 0 aromatic heterocycles. The number of nitrogens with one attached hydrogen (secondary N) is 1. The highest BCUT2D eigenvalue weighted by Gasteiger charge is 2.30. The van der Waals surface area contributed by atoms with Crippen LogP contribution in [0.25, 0.3) is 0 Å². The number of hydrogen-bond acceptors (Lipinski definition) is 3. The van der Waals surface area contributed by atoms with Crippen LogP contribution < -0.4 is 5.32 Å². The maximum Gasteiger partial charge on any atom is 0.123 e. The molecule has 0 atom stereocenters. The Labute approximate surface area is 108 Å². The lowest BCUT2D eigenvalue weighted by atomic mass is 9.70. The molecule has 1 saturated carbocycles. The SMILES string of the molecule is CC1(CNCc2ccc(O)cc2O)CCC1.Cl. The topological polar surface area (TPSA) is 52.5 Å². The summed E-state index contributed by atoms with van der Waals surface area (Å²) in [5, 5.41) is 22.1. The molecule has 1 fully saturated rings. The number of hydrogen-bond donors (Lipinski definition) is 3. The number of phenolic OH excluding ortho intramolecular Hbond substituents is 2. The van der Waals surface area contributed by atoms with Gasteiger partial charge in [0.2, 0.25) is 0 Å². The van der Waals surface area contributed by atoms with Gasteiger partial charge in [-0.05, 0) is 24.3 Å². The maximum absolute atomic E-state index is 9.59. The van der Waals surface area contributed by atoms with Crippen molar-refractivity contribution in [2.75, 3.05) is 6.54 Å². The maximum atomic E-state index is 9.59. The highest BCUT2D eigenvalue weighted by molar-refractivity contribution is 5.85. The second kappa shape index (κ2) is 5.61. The van der Waals surface area contributed by atoms with Crippen molar-refractivity contribution in [3.05, 3.63) is 23.8 Å². The molecule has 0 spiro atoms. The molecule has 1 aromatic rings. The number of benzene rings is 1. The lowest BCUT2D eigenvalue weighted by molar-refractivity contribution is 0.156. The highest BCUT2D eigenvalue weighted by Crippen LogP contribution is 2.39. The summed E-state index contributed by atoms with van der Waals surface area (Å²) in [5.41, 5.74) is 1.28. The molecule has 0 saturated heterocycles. The molecule has 96 valence electrons. The molecule has 0 aliphatic heterocycles. The van der Waals surface area contributed by atoms with Gasteiger partial charge >= 0.3 is 0 Å². The average molecular weight is 258 g/mol. The molecule has 1 aliphatic carbocycles. The van der Waals surface area contributed by atoms with E-state index in [9.17, 15) is 5.11 Å². The van der Waals surface area contributed by atoms with Crippen molar-refractivity contribution < 1.29 is 10.2 Å². The fraction of sp³-hybridized carbons (Fsp3) is 0.538. The molecule has 0 unspecified atom stereocenters. The van der Waals surface area contributed by atoms with Crippen LogP contribution in [-0.4, -0.2) is 16.8 Å². The zero-order chi connectivity index (χ0) is 11.6. The van der Waals surface area contributed by atoms with Gasteiger partial charge in [-0.15, -0.1) is 12.4 Å². The zero-order valence-electron chi connectivity index (χ0n) is 10.1. The predicted molar refractivity (Wildman–Crippen MR) is 70.7 cm³/mol. The molecule has 17 heavy (non-hydrogen) atoms. The van der Waals surface area contributed by atoms with Gasteiger partial charge < -0.3 is 15.5 Å². The predicted octanol–water partition coefficient (Wildman–Crippen LogP) is 2.80. The lowest BCUT2D eigenvalue weighted by Crippen LogP contribution is -2.36. The number of rotatable bonds is 4. The summed E-state index contributed by atoms with van der Waals surface area (Å²) >= 11 is 0. The van der Waals surface area contributed by atoms with Gasteiger partial charge in [-0.2, -0.15) is 0 Å². The molecule has 1 aliphatic rings. The van der Waals surface area contributed by atoms with Gasteiger partial charge in [-0.25, -0.2) is 0 Å². The van der Waals surface area contributed by atoms with E-state index in [1.807, 2.05) is 0 Å². The molecule has 0 radical (unpaired) electrons. The third-order valence-electron chi connectivity index (χ3n) is 3.50. The first-order chi connectivity index (χ1) is 7.59. The Kier molecular flexibility index (Phi) is 4.66. The molecular formula is C13H20ClNO2. The first kappa shape index (κ1) is 14.1. The molecule has 0 bridgehead atoms. The van der Waals surface area contributed by atoms with Crippen molar-refractivity contribution in [3.8, 4) is 11.5 Å². The van der Waals surface area contributed by atoms with Gasteiger partial charge in [-0.3, -0.25) is 0 Å². The van der Waals surface area contributed by atoms with Crippen molar-refractivity contribution in [3.63, 3.8) is 0 Å². The molecule has 3 nitrogen and oxygen atoms in total. The number of halogens is 1. The van der Waals surface area contributed by atoms with E-state index in [1.54, 1.807) is 12.1 Å². The van der Waals surface area contributed by atoms with Crippen LogP contribution in [-0.2, 0) is 6.54 Å². The largest absolute Gasteiger partial charge is 0.508 e. The van der Waals surface area contributed by atoms with Gasteiger partial charge in [0.25, 0.3) is 0 Å². The minimum absolute atomic E-state index is 0. The van der Waals surface area contributed by atoms with Crippen molar-refractivity contribution in [1.29, 1.82) is 0 Å². The Morgan fingerprint density at radius 1 is 1.29 bits per heavy atom. The lowest BCUT2D eigenvalue weighted by Gasteiger charge is -2.38. The Balaban J connectivity index is 0.00000144. The second-order valence-corrected chi connectivity index (χ2v) is 5.08. The summed E-state index contributed by atoms with van der Waals surface area (Å²) < 4.78 is 0. The van der Waals surface area contributed by atoms with Crippen LogP contribution in [0.4, 0.5) is 0 Å². The van der Waals surface area contributed by atoms with Gasteiger partial charge in [0.1, 0.15) is 11.5 Å². The Morgan fingerprint density at radius 2 is 2.00 bits per heavy atom. The van der Waals surface area contributed by atoms with E-state index in [4.69, 9.17) is 5.11 Å². The minimum atomic E-state index is 0. The molecule has 2 rings (SSSR count). The van der Waals surface area contributed by atoms with Crippen LogP contribution in [0.2, 0.25) is 0 Å². The van der Waals surface area contributed by atoms with Crippen LogP contribution in [0.1, 0.15) is 31.7 Å². The molecule has 3 N–H and O–H groups in total. The summed E-state index contributed by atoms with van der Waals surface area (Å²) in [6, 6.07) is 4.73. The number of phenols is 2. The summed E-state index contributed by atoms with van der Waals surface area (Å²) in [7, 11) is 0. The van der Waals surface area contributed by atoms with Gasteiger partial charge in [-0.1, -0.05) is 19.4 Å². The van der Waals surface area contributed by atoms with E-state index >= 15 is 0 Å². The monoisotopic (exact) mass is 257 g/mol. The van der Waals surface area contributed by atoms with E-state index < -0.39 is 0 Å². The van der Waals surface area contributed by atoms with Crippen LogP contribution in [0.3, 0.4) is 0 Å².